The molecule has 0 radical (unpaired) electrons. The summed E-state index contributed by atoms with van der Waals surface area (Å²) in [6.07, 6.45) is 5.33. The largest absolute Gasteiger partial charge is 0.310 e. The zero-order chi connectivity index (χ0) is 8.65. The van der Waals surface area contributed by atoms with Gasteiger partial charge in [-0.3, -0.25) is 5.10 Å². The predicted octanol–water partition coefficient (Wildman–Crippen LogP) is 1.08. The van der Waals surface area contributed by atoms with Gasteiger partial charge in [0, 0.05) is 0 Å². The normalized spacial score (nSPS) is 10.4. The third-order valence-electron chi connectivity index (χ3n) is 1.71. The minimum atomic E-state index is 0.795. The van der Waals surface area contributed by atoms with Gasteiger partial charge in [0.25, 0.3) is 0 Å². The zero-order valence-electron chi connectivity index (χ0n) is 7.51. The van der Waals surface area contributed by atoms with E-state index in [0.29, 0.717) is 0 Å². The molecule has 0 saturated carbocycles. The van der Waals surface area contributed by atoms with E-state index in [0.717, 1.165) is 18.9 Å². The van der Waals surface area contributed by atoms with Crippen molar-refractivity contribution in [3.05, 3.63) is 12.2 Å². The Morgan fingerprint density at radius 3 is 3.08 bits per heavy atom. The fraction of sp³-hybridized carbons (Fsp3) is 0.750. The third-order valence-corrected chi connectivity index (χ3v) is 1.71. The van der Waals surface area contributed by atoms with Crippen LogP contribution in [0.2, 0.25) is 0 Å². The van der Waals surface area contributed by atoms with Crippen LogP contribution < -0.4 is 5.32 Å². The molecule has 1 heterocycles. The molecule has 0 spiro atoms. The van der Waals surface area contributed by atoms with Gasteiger partial charge >= 0.3 is 0 Å². The molecule has 4 nitrogen and oxygen atoms in total. The molecule has 0 amide bonds. The van der Waals surface area contributed by atoms with Crippen LogP contribution in [0.25, 0.3) is 0 Å². The SMILES string of the molecule is CCCCCNCc1ncn[nH]1. The van der Waals surface area contributed by atoms with Crippen LogP contribution >= 0.6 is 0 Å². The maximum atomic E-state index is 4.00. The van der Waals surface area contributed by atoms with Crippen molar-refractivity contribution in [2.24, 2.45) is 0 Å². The number of H-pyrrole nitrogens is 1. The number of hydrogen-bond donors (Lipinski definition) is 2. The van der Waals surface area contributed by atoms with Gasteiger partial charge in [-0.15, -0.1) is 0 Å². The standard InChI is InChI=1S/C8H16N4/c1-2-3-4-5-9-6-8-10-7-11-12-8/h7,9H,2-6H2,1H3,(H,10,11,12). The van der Waals surface area contributed by atoms with Crippen LogP contribution in [-0.2, 0) is 6.54 Å². The quantitative estimate of drug-likeness (QED) is 0.625. The van der Waals surface area contributed by atoms with E-state index in [1.807, 2.05) is 0 Å². The van der Waals surface area contributed by atoms with Crippen molar-refractivity contribution in [2.45, 2.75) is 32.7 Å². The molecule has 0 atom stereocenters. The van der Waals surface area contributed by atoms with Crippen LogP contribution in [-0.4, -0.2) is 21.7 Å². The van der Waals surface area contributed by atoms with Gasteiger partial charge < -0.3 is 5.32 Å². The van der Waals surface area contributed by atoms with Gasteiger partial charge in [-0.25, -0.2) is 4.98 Å². The Labute approximate surface area is 72.8 Å². The molecular formula is C8H16N4. The summed E-state index contributed by atoms with van der Waals surface area (Å²) in [6.45, 7) is 4.06. The lowest BCUT2D eigenvalue weighted by Gasteiger charge is -2.00. The number of aromatic nitrogens is 3. The topological polar surface area (TPSA) is 53.6 Å². The van der Waals surface area contributed by atoms with Crippen LogP contribution in [0.15, 0.2) is 6.33 Å². The molecule has 0 aliphatic rings. The summed E-state index contributed by atoms with van der Waals surface area (Å²) < 4.78 is 0. The van der Waals surface area contributed by atoms with Crippen molar-refractivity contribution in [1.29, 1.82) is 0 Å². The van der Waals surface area contributed by atoms with E-state index in [-0.39, 0.29) is 0 Å². The van der Waals surface area contributed by atoms with Crippen LogP contribution in [0.4, 0.5) is 0 Å². The molecule has 1 rings (SSSR count). The molecule has 68 valence electrons. The lowest BCUT2D eigenvalue weighted by atomic mass is 10.2. The number of hydrogen-bond acceptors (Lipinski definition) is 3. The third kappa shape index (κ3) is 3.48. The zero-order valence-corrected chi connectivity index (χ0v) is 7.51. The van der Waals surface area contributed by atoms with Gasteiger partial charge in [-0.05, 0) is 13.0 Å². The van der Waals surface area contributed by atoms with E-state index < -0.39 is 0 Å². The Morgan fingerprint density at radius 2 is 2.42 bits per heavy atom. The first-order valence-corrected chi connectivity index (χ1v) is 4.48. The van der Waals surface area contributed by atoms with Crippen molar-refractivity contribution < 1.29 is 0 Å². The van der Waals surface area contributed by atoms with Gasteiger partial charge in [0.2, 0.25) is 0 Å². The number of nitrogens with one attached hydrogen (secondary N) is 2. The Morgan fingerprint density at radius 1 is 1.50 bits per heavy atom. The second kappa shape index (κ2) is 5.71. The number of unbranched alkanes of at least 4 members (excludes halogenated alkanes) is 2. The first-order valence-electron chi connectivity index (χ1n) is 4.48. The van der Waals surface area contributed by atoms with Crippen LogP contribution in [0.1, 0.15) is 32.0 Å². The summed E-state index contributed by atoms with van der Waals surface area (Å²) in [7, 11) is 0. The van der Waals surface area contributed by atoms with E-state index in [1.165, 1.54) is 25.6 Å². The molecule has 0 aliphatic carbocycles. The fourth-order valence-corrected chi connectivity index (χ4v) is 1.02. The van der Waals surface area contributed by atoms with Gasteiger partial charge in [-0.2, -0.15) is 5.10 Å². The average Bonchev–Trinajstić information content (AvgIpc) is 2.57. The molecule has 1 aromatic rings. The Bertz CT molecular complexity index is 183. The molecule has 2 N–H and O–H groups in total. The highest BCUT2D eigenvalue weighted by molar-refractivity contribution is 4.77. The fourth-order valence-electron chi connectivity index (χ4n) is 1.02. The molecule has 0 bridgehead atoms. The van der Waals surface area contributed by atoms with E-state index in [9.17, 15) is 0 Å². The maximum absolute atomic E-state index is 4.00. The highest BCUT2D eigenvalue weighted by Crippen LogP contribution is 1.91. The second-order valence-corrected chi connectivity index (χ2v) is 2.82. The molecule has 0 unspecified atom stereocenters. The Balaban J connectivity index is 1.96. The average molecular weight is 168 g/mol. The number of aromatic amines is 1. The van der Waals surface area contributed by atoms with Crippen molar-refractivity contribution in [3.63, 3.8) is 0 Å². The van der Waals surface area contributed by atoms with E-state index in [2.05, 4.69) is 27.4 Å². The monoisotopic (exact) mass is 168 g/mol. The van der Waals surface area contributed by atoms with Crippen molar-refractivity contribution >= 4 is 0 Å². The van der Waals surface area contributed by atoms with Crippen molar-refractivity contribution in [3.8, 4) is 0 Å². The van der Waals surface area contributed by atoms with Gasteiger partial charge in [0.15, 0.2) is 0 Å². The molecule has 12 heavy (non-hydrogen) atoms. The molecule has 4 heteroatoms. The van der Waals surface area contributed by atoms with Crippen LogP contribution in [0, 0.1) is 0 Å². The highest BCUT2D eigenvalue weighted by atomic mass is 15.2. The minimum Gasteiger partial charge on any atom is -0.310 e. The molecule has 0 fully saturated rings. The summed E-state index contributed by atoms with van der Waals surface area (Å²) >= 11 is 0. The summed E-state index contributed by atoms with van der Waals surface area (Å²) in [5.74, 6) is 0.909. The predicted molar refractivity (Wildman–Crippen MR) is 47.6 cm³/mol. The summed E-state index contributed by atoms with van der Waals surface area (Å²) in [5, 5.41) is 9.85. The van der Waals surface area contributed by atoms with E-state index in [1.54, 1.807) is 0 Å². The number of rotatable bonds is 6. The van der Waals surface area contributed by atoms with Crippen molar-refractivity contribution in [1.82, 2.24) is 20.5 Å². The van der Waals surface area contributed by atoms with Crippen LogP contribution in [0.5, 0.6) is 0 Å². The smallest absolute Gasteiger partial charge is 0.138 e. The lowest BCUT2D eigenvalue weighted by Crippen LogP contribution is -2.15. The first-order chi connectivity index (χ1) is 5.93. The number of nitrogens with zero attached hydrogens (tertiary/aromatic N) is 2. The summed E-state index contributed by atoms with van der Waals surface area (Å²) in [5.41, 5.74) is 0. The van der Waals surface area contributed by atoms with Crippen LogP contribution in [0.3, 0.4) is 0 Å². The molecule has 0 aromatic carbocycles. The second-order valence-electron chi connectivity index (χ2n) is 2.82. The summed E-state index contributed by atoms with van der Waals surface area (Å²) in [6, 6.07) is 0. The van der Waals surface area contributed by atoms with Crippen molar-refractivity contribution in [2.75, 3.05) is 6.54 Å². The molecule has 0 saturated heterocycles. The van der Waals surface area contributed by atoms with E-state index in [4.69, 9.17) is 0 Å². The molecular weight excluding hydrogens is 152 g/mol. The maximum Gasteiger partial charge on any atom is 0.138 e. The minimum absolute atomic E-state index is 0.795. The van der Waals surface area contributed by atoms with E-state index >= 15 is 0 Å². The molecule has 0 aliphatic heterocycles. The Kier molecular flexibility index (Phi) is 4.37. The highest BCUT2D eigenvalue weighted by Gasteiger charge is 1.92. The Hall–Kier alpha value is -0.900. The van der Waals surface area contributed by atoms with Gasteiger partial charge in [0.05, 0.1) is 6.54 Å². The lowest BCUT2D eigenvalue weighted by molar-refractivity contribution is 0.604. The molecule has 1 aromatic heterocycles. The summed E-state index contributed by atoms with van der Waals surface area (Å²) in [4.78, 5) is 4.00. The van der Waals surface area contributed by atoms with Gasteiger partial charge in [-0.1, -0.05) is 19.8 Å². The van der Waals surface area contributed by atoms with Gasteiger partial charge in [0.1, 0.15) is 12.2 Å². The first kappa shape index (κ1) is 9.19.